The van der Waals surface area contributed by atoms with Crippen LogP contribution in [0.25, 0.3) is 0 Å². The Morgan fingerprint density at radius 2 is 1.73 bits per heavy atom. The predicted octanol–water partition coefficient (Wildman–Crippen LogP) is 2.47. The number of hydrogen-bond donors (Lipinski definition) is 1. The lowest BCUT2D eigenvalue weighted by Crippen LogP contribution is -2.37. The predicted molar refractivity (Wildman–Crippen MR) is 81.3 cm³/mol. The molecule has 0 aromatic heterocycles. The molecule has 1 aromatic rings. The van der Waals surface area contributed by atoms with Gasteiger partial charge in [0.05, 0.1) is 11.6 Å². The minimum Gasteiger partial charge on any atom is -0.478 e. The van der Waals surface area contributed by atoms with Crippen molar-refractivity contribution in [3.63, 3.8) is 0 Å². The Morgan fingerprint density at radius 3 is 2.23 bits per heavy atom. The van der Waals surface area contributed by atoms with Crippen LogP contribution in [0.4, 0.5) is 0 Å². The van der Waals surface area contributed by atoms with Gasteiger partial charge >= 0.3 is 5.97 Å². The maximum atomic E-state index is 12.5. The molecule has 1 amide bonds. The van der Waals surface area contributed by atoms with Crippen LogP contribution in [-0.2, 0) is 11.2 Å². The third kappa shape index (κ3) is 4.08. The van der Waals surface area contributed by atoms with Gasteiger partial charge in [-0.2, -0.15) is 5.26 Å². The van der Waals surface area contributed by atoms with Crippen LogP contribution in [0.1, 0.15) is 41.6 Å². The molecule has 0 radical (unpaired) electrons. The molecule has 0 saturated carbocycles. The van der Waals surface area contributed by atoms with Crippen LogP contribution in [-0.4, -0.2) is 35.0 Å². The Kier molecular flexibility index (Phi) is 5.54. The highest BCUT2D eigenvalue weighted by molar-refractivity contribution is 5.87. The number of nitrogens with zero attached hydrogens (tertiary/aromatic N) is 2. The molecule has 1 fully saturated rings. The lowest BCUT2D eigenvalue weighted by molar-refractivity contribution is -0.133. The highest BCUT2D eigenvalue weighted by Crippen LogP contribution is 2.16. The summed E-state index contributed by atoms with van der Waals surface area (Å²) in [5.74, 6) is -1.79. The number of carboxylic acids is 1. The zero-order valence-corrected chi connectivity index (χ0v) is 12.5. The van der Waals surface area contributed by atoms with E-state index in [1.807, 2.05) is 0 Å². The topological polar surface area (TPSA) is 81.4 Å². The standard InChI is InChI=1S/C17H20N2O3/c18-12-15(16(20)19-9-3-1-2-4-10-19)11-13-5-7-14(8-6-13)17(21)22/h5-8,15H,1-4,9-11H2,(H,21,22). The van der Waals surface area contributed by atoms with Crippen molar-refractivity contribution in [3.8, 4) is 6.07 Å². The highest BCUT2D eigenvalue weighted by atomic mass is 16.4. The minimum absolute atomic E-state index is 0.105. The lowest BCUT2D eigenvalue weighted by atomic mass is 9.98. The van der Waals surface area contributed by atoms with Crippen molar-refractivity contribution in [2.45, 2.75) is 32.1 Å². The zero-order chi connectivity index (χ0) is 15.9. The van der Waals surface area contributed by atoms with E-state index in [4.69, 9.17) is 5.11 Å². The first-order valence-corrected chi connectivity index (χ1v) is 7.62. The first-order valence-electron chi connectivity index (χ1n) is 7.62. The van der Waals surface area contributed by atoms with Crippen molar-refractivity contribution in [2.75, 3.05) is 13.1 Å². The number of carbonyl (C=O) groups excluding carboxylic acids is 1. The Morgan fingerprint density at radius 1 is 1.14 bits per heavy atom. The monoisotopic (exact) mass is 300 g/mol. The molecule has 1 saturated heterocycles. The van der Waals surface area contributed by atoms with Gasteiger partial charge in [-0.1, -0.05) is 25.0 Å². The molecule has 22 heavy (non-hydrogen) atoms. The average molecular weight is 300 g/mol. The highest BCUT2D eigenvalue weighted by Gasteiger charge is 2.25. The van der Waals surface area contributed by atoms with E-state index in [1.54, 1.807) is 17.0 Å². The van der Waals surface area contributed by atoms with Crippen LogP contribution in [0.3, 0.4) is 0 Å². The van der Waals surface area contributed by atoms with Gasteiger partial charge in [-0.3, -0.25) is 4.79 Å². The van der Waals surface area contributed by atoms with Gasteiger partial charge in [0, 0.05) is 13.1 Å². The minimum atomic E-state index is -0.982. The van der Waals surface area contributed by atoms with E-state index in [0.29, 0.717) is 6.42 Å². The second kappa shape index (κ2) is 7.60. The second-order valence-electron chi connectivity index (χ2n) is 5.63. The van der Waals surface area contributed by atoms with Crippen LogP contribution in [0.5, 0.6) is 0 Å². The molecule has 5 nitrogen and oxygen atoms in total. The fourth-order valence-corrected chi connectivity index (χ4v) is 2.72. The average Bonchev–Trinajstić information content (AvgIpc) is 2.81. The molecule has 116 valence electrons. The Labute approximate surface area is 130 Å². The Hall–Kier alpha value is -2.35. The maximum absolute atomic E-state index is 12.5. The van der Waals surface area contributed by atoms with E-state index in [9.17, 15) is 14.9 Å². The Bertz CT molecular complexity index is 567. The second-order valence-corrected chi connectivity index (χ2v) is 5.63. The normalized spacial score (nSPS) is 16.4. The van der Waals surface area contributed by atoms with Gasteiger partial charge in [0.25, 0.3) is 0 Å². The van der Waals surface area contributed by atoms with Crippen LogP contribution in [0.2, 0.25) is 0 Å². The van der Waals surface area contributed by atoms with E-state index in [-0.39, 0.29) is 11.5 Å². The number of hydrogen-bond acceptors (Lipinski definition) is 3. The summed E-state index contributed by atoms with van der Waals surface area (Å²) in [6, 6.07) is 8.44. The largest absolute Gasteiger partial charge is 0.478 e. The van der Waals surface area contributed by atoms with Crippen molar-refractivity contribution >= 4 is 11.9 Å². The third-order valence-corrected chi connectivity index (χ3v) is 4.01. The van der Waals surface area contributed by atoms with E-state index >= 15 is 0 Å². The zero-order valence-electron chi connectivity index (χ0n) is 12.5. The Balaban J connectivity index is 2.03. The molecule has 0 aliphatic carbocycles. The molecule has 1 N–H and O–H groups in total. The summed E-state index contributed by atoms with van der Waals surface area (Å²) < 4.78 is 0. The number of carbonyl (C=O) groups is 2. The quantitative estimate of drug-likeness (QED) is 0.926. The molecule has 2 rings (SSSR count). The first-order chi connectivity index (χ1) is 10.6. The summed E-state index contributed by atoms with van der Waals surface area (Å²) in [6.45, 7) is 1.46. The van der Waals surface area contributed by atoms with E-state index in [2.05, 4.69) is 6.07 Å². The van der Waals surface area contributed by atoms with Crippen molar-refractivity contribution in [1.82, 2.24) is 4.90 Å². The van der Waals surface area contributed by atoms with Gasteiger partial charge in [0.15, 0.2) is 0 Å². The van der Waals surface area contributed by atoms with E-state index in [1.165, 1.54) is 12.1 Å². The van der Waals surface area contributed by atoms with Gasteiger partial charge in [-0.25, -0.2) is 4.79 Å². The molecule has 1 unspecified atom stereocenters. The fourth-order valence-electron chi connectivity index (χ4n) is 2.72. The molecule has 1 aliphatic rings. The molecular formula is C17H20N2O3. The molecule has 1 heterocycles. The van der Waals surface area contributed by atoms with Crippen molar-refractivity contribution in [1.29, 1.82) is 5.26 Å². The maximum Gasteiger partial charge on any atom is 0.335 e. The smallest absolute Gasteiger partial charge is 0.335 e. The van der Waals surface area contributed by atoms with Gasteiger partial charge in [0.2, 0.25) is 5.91 Å². The van der Waals surface area contributed by atoms with Gasteiger partial charge in [-0.15, -0.1) is 0 Å². The van der Waals surface area contributed by atoms with E-state index in [0.717, 1.165) is 44.3 Å². The number of amides is 1. The molecule has 1 aromatic carbocycles. The first kappa shape index (κ1) is 16.0. The van der Waals surface area contributed by atoms with Crippen molar-refractivity contribution < 1.29 is 14.7 Å². The van der Waals surface area contributed by atoms with Crippen LogP contribution >= 0.6 is 0 Å². The fraction of sp³-hybridized carbons (Fsp3) is 0.471. The molecule has 0 spiro atoms. The number of nitriles is 1. The van der Waals surface area contributed by atoms with Crippen LogP contribution < -0.4 is 0 Å². The molecule has 1 aliphatic heterocycles. The summed E-state index contributed by atoms with van der Waals surface area (Å²) in [6.07, 6.45) is 4.59. The molecule has 0 bridgehead atoms. The molecule has 1 atom stereocenters. The van der Waals surface area contributed by atoms with Crippen molar-refractivity contribution in [3.05, 3.63) is 35.4 Å². The lowest BCUT2D eigenvalue weighted by Gasteiger charge is -2.23. The number of carboxylic acid groups (broad SMARTS) is 1. The van der Waals surface area contributed by atoms with Gasteiger partial charge in [-0.05, 0) is 37.0 Å². The number of rotatable bonds is 4. The van der Waals surface area contributed by atoms with E-state index < -0.39 is 11.9 Å². The molecular weight excluding hydrogens is 280 g/mol. The summed E-state index contributed by atoms with van der Waals surface area (Å²) in [5.41, 5.74) is 1.01. The van der Waals surface area contributed by atoms with Crippen LogP contribution in [0, 0.1) is 17.2 Å². The summed E-state index contributed by atoms with van der Waals surface area (Å²) in [4.78, 5) is 25.1. The summed E-state index contributed by atoms with van der Waals surface area (Å²) in [7, 11) is 0. The molecule has 5 heteroatoms. The summed E-state index contributed by atoms with van der Waals surface area (Å²) >= 11 is 0. The van der Waals surface area contributed by atoms with Gasteiger partial charge < -0.3 is 10.0 Å². The van der Waals surface area contributed by atoms with Crippen molar-refractivity contribution in [2.24, 2.45) is 5.92 Å². The number of likely N-dealkylation sites (tertiary alicyclic amines) is 1. The number of benzene rings is 1. The SMILES string of the molecule is N#CC(Cc1ccc(C(=O)O)cc1)C(=O)N1CCCCCC1. The number of aromatic carboxylic acids is 1. The third-order valence-electron chi connectivity index (χ3n) is 4.01. The summed E-state index contributed by atoms with van der Waals surface area (Å²) in [5, 5.41) is 18.2. The van der Waals surface area contributed by atoms with Crippen LogP contribution in [0.15, 0.2) is 24.3 Å². The van der Waals surface area contributed by atoms with Gasteiger partial charge in [0.1, 0.15) is 5.92 Å².